The maximum atomic E-state index is 13.2. The Morgan fingerprint density at radius 2 is 1.62 bits per heavy atom. The van der Waals surface area contributed by atoms with Crippen molar-refractivity contribution in [3.63, 3.8) is 0 Å². The van der Waals surface area contributed by atoms with Gasteiger partial charge in [0.2, 0.25) is 0 Å². The molecule has 0 spiro atoms. The quantitative estimate of drug-likeness (QED) is 0.530. The zero-order chi connectivity index (χ0) is 12.4. The highest BCUT2D eigenvalue weighted by atomic mass is 19.3. The van der Waals surface area contributed by atoms with Crippen molar-refractivity contribution in [1.29, 1.82) is 0 Å². The summed E-state index contributed by atoms with van der Waals surface area (Å²) in [6.07, 6.45) is 2.92. The molecular formula is C14H22F2. The number of halogens is 2. The first kappa shape index (κ1) is 13.5. The van der Waals surface area contributed by atoms with E-state index in [0.717, 1.165) is 12.8 Å². The fraction of sp³-hybridized carbons (Fsp3) is 0.857. The lowest BCUT2D eigenvalue weighted by Crippen LogP contribution is -2.32. The second-order valence-corrected chi connectivity index (χ2v) is 6.20. The van der Waals surface area contributed by atoms with E-state index in [1.807, 2.05) is 0 Å². The molecule has 0 aromatic carbocycles. The van der Waals surface area contributed by atoms with Crippen molar-refractivity contribution in [2.75, 3.05) is 0 Å². The molecule has 0 aromatic rings. The summed E-state index contributed by atoms with van der Waals surface area (Å²) in [6.45, 7) is 8.69. The molecule has 1 aliphatic carbocycles. The molecule has 0 aliphatic heterocycles. The van der Waals surface area contributed by atoms with Crippen molar-refractivity contribution < 1.29 is 8.78 Å². The van der Waals surface area contributed by atoms with Gasteiger partial charge < -0.3 is 0 Å². The van der Waals surface area contributed by atoms with Crippen molar-refractivity contribution in [2.24, 2.45) is 10.8 Å². The van der Waals surface area contributed by atoms with Crippen LogP contribution < -0.4 is 0 Å². The molecular weight excluding hydrogens is 206 g/mol. The molecule has 1 aliphatic rings. The number of alkyl halides is 2. The van der Waals surface area contributed by atoms with Gasteiger partial charge in [0.15, 0.2) is 0 Å². The molecule has 1 rings (SSSR count). The van der Waals surface area contributed by atoms with Crippen LogP contribution in [0.2, 0.25) is 0 Å². The highest BCUT2D eigenvalue weighted by molar-refractivity contribution is 5.12. The van der Waals surface area contributed by atoms with Crippen molar-refractivity contribution in [3.8, 4) is 11.8 Å². The normalized spacial score (nSPS) is 30.6. The van der Waals surface area contributed by atoms with E-state index in [1.54, 1.807) is 0 Å². The number of hydrogen-bond acceptors (Lipinski definition) is 0. The van der Waals surface area contributed by atoms with Crippen LogP contribution in [0.4, 0.5) is 8.78 Å². The zero-order valence-corrected chi connectivity index (χ0v) is 10.8. The number of rotatable bonds is 0. The predicted octanol–water partition coefficient (Wildman–Crippen LogP) is 4.64. The molecule has 1 unspecified atom stereocenters. The largest absolute Gasteiger partial charge is 0.308 e. The molecule has 0 bridgehead atoms. The van der Waals surface area contributed by atoms with E-state index < -0.39 is 5.92 Å². The second kappa shape index (κ2) is 4.35. The van der Waals surface area contributed by atoms with Gasteiger partial charge >= 0.3 is 5.92 Å². The SMILES string of the molecule is CC(C)(C)C1(C)CC#CC(F)(F)CCCC1. The lowest BCUT2D eigenvalue weighted by Gasteiger charge is -2.41. The lowest BCUT2D eigenvalue weighted by molar-refractivity contribution is 0.0517. The molecule has 0 amide bonds. The zero-order valence-electron chi connectivity index (χ0n) is 10.8. The summed E-state index contributed by atoms with van der Waals surface area (Å²) in [4.78, 5) is 0. The van der Waals surface area contributed by atoms with E-state index in [2.05, 4.69) is 39.5 Å². The maximum Gasteiger partial charge on any atom is 0.308 e. The van der Waals surface area contributed by atoms with Crippen LogP contribution in [0.5, 0.6) is 0 Å². The van der Waals surface area contributed by atoms with Gasteiger partial charge in [0.25, 0.3) is 0 Å². The van der Waals surface area contributed by atoms with Gasteiger partial charge in [-0.3, -0.25) is 0 Å². The summed E-state index contributed by atoms with van der Waals surface area (Å²) in [5.41, 5.74) is 0.154. The van der Waals surface area contributed by atoms with Crippen LogP contribution in [0.15, 0.2) is 0 Å². The van der Waals surface area contributed by atoms with Crippen molar-refractivity contribution >= 4 is 0 Å². The summed E-state index contributed by atoms with van der Waals surface area (Å²) in [5, 5.41) is 0. The van der Waals surface area contributed by atoms with Gasteiger partial charge in [0.05, 0.1) is 0 Å². The molecule has 0 aromatic heterocycles. The third kappa shape index (κ3) is 3.20. The summed E-state index contributed by atoms with van der Waals surface area (Å²) >= 11 is 0. The predicted molar refractivity (Wildman–Crippen MR) is 63.4 cm³/mol. The lowest BCUT2D eigenvalue weighted by atomic mass is 9.63. The Morgan fingerprint density at radius 1 is 1.06 bits per heavy atom. The van der Waals surface area contributed by atoms with Crippen LogP contribution in [-0.4, -0.2) is 5.92 Å². The van der Waals surface area contributed by atoms with E-state index in [4.69, 9.17) is 0 Å². The standard InChI is InChI=1S/C14H22F2/c1-12(2,3)13(4)8-5-6-10-14(15,16)11-7-9-13/h5-6,8-10H2,1-4H3. The molecule has 16 heavy (non-hydrogen) atoms. The van der Waals surface area contributed by atoms with Crippen LogP contribution in [0.25, 0.3) is 0 Å². The third-order valence-corrected chi connectivity index (χ3v) is 4.03. The van der Waals surface area contributed by atoms with E-state index in [1.165, 1.54) is 0 Å². The molecule has 2 heteroatoms. The molecule has 0 saturated carbocycles. The Bertz CT molecular complexity index is 301. The monoisotopic (exact) mass is 228 g/mol. The second-order valence-electron chi connectivity index (χ2n) is 6.20. The van der Waals surface area contributed by atoms with Crippen LogP contribution >= 0.6 is 0 Å². The Labute approximate surface area is 97.8 Å². The number of hydrogen-bond donors (Lipinski definition) is 0. The highest BCUT2D eigenvalue weighted by Crippen LogP contribution is 2.45. The van der Waals surface area contributed by atoms with E-state index in [9.17, 15) is 8.78 Å². The van der Waals surface area contributed by atoms with Crippen LogP contribution in [-0.2, 0) is 0 Å². The van der Waals surface area contributed by atoms with Crippen LogP contribution in [0.1, 0.15) is 59.8 Å². The van der Waals surface area contributed by atoms with E-state index in [0.29, 0.717) is 12.8 Å². The van der Waals surface area contributed by atoms with E-state index in [-0.39, 0.29) is 17.3 Å². The minimum atomic E-state index is -2.77. The third-order valence-electron chi connectivity index (χ3n) is 4.03. The minimum absolute atomic E-state index is 0.0421. The Balaban J connectivity index is 2.89. The Morgan fingerprint density at radius 3 is 2.19 bits per heavy atom. The van der Waals surface area contributed by atoms with E-state index >= 15 is 0 Å². The summed E-state index contributed by atoms with van der Waals surface area (Å²) < 4.78 is 26.4. The van der Waals surface area contributed by atoms with Gasteiger partial charge in [-0.15, -0.1) is 0 Å². The molecule has 1 atom stereocenters. The van der Waals surface area contributed by atoms with Gasteiger partial charge in [-0.2, -0.15) is 8.78 Å². The first-order valence-corrected chi connectivity index (χ1v) is 6.04. The fourth-order valence-corrected chi connectivity index (χ4v) is 2.02. The van der Waals surface area contributed by atoms with Gasteiger partial charge in [-0.25, -0.2) is 0 Å². The Kier molecular flexibility index (Phi) is 3.67. The maximum absolute atomic E-state index is 13.2. The van der Waals surface area contributed by atoms with Gasteiger partial charge in [0.1, 0.15) is 0 Å². The average Bonchev–Trinajstić information content (AvgIpc) is 2.15. The highest BCUT2D eigenvalue weighted by Gasteiger charge is 2.37. The summed E-state index contributed by atoms with van der Waals surface area (Å²) in [5.74, 6) is 2.08. The van der Waals surface area contributed by atoms with Gasteiger partial charge in [-0.1, -0.05) is 40.0 Å². The van der Waals surface area contributed by atoms with Crippen LogP contribution in [0, 0.1) is 22.7 Å². The van der Waals surface area contributed by atoms with Crippen molar-refractivity contribution in [2.45, 2.75) is 65.7 Å². The summed E-state index contributed by atoms with van der Waals surface area (Å²) in [6, 6.07) is 0. The van der Waals surface area contributed by atoms with Crippen molar-refractivity contribution in [1.82, 2.24) is 0 Å². The first-order chi connectivity index (χ1) is 7.16. The average molecular weight is 228 g/mol. The molecule has 0 radical (unpaired) electrons. The first-order valence-electron chi connectivity index (χ1n) is 6.04. The minimum Gasteiger partial charge on any atom is -0.192 e. The molecule has 92 valence electrons. The molecule has 0 N–H and O–H groups in total. The summed E-state index contributed by atoms with van der Waals surface area (Å²) in [7, 11) is 0. The molecule has 0 nitrogen and oxygen atoms in total. The van der Waals surface area contributed by atoms with Crippen molar-refractivity contribution in [3.05, 3.63) is 0 Å². The fourth-order valence-electron chi connectivity index (χ4n) is 2.02. The van der Waals surface area contributed by atoms with Gasteiger partial charge in [-0.05, 0) is 29.6 Å². The van der Waals surface area contributed by atoms with Gasteiger partial charge in [0, 0.05) is 12.8 Å². The Hall–Kier alpha value is -0.580. The topological polar surface area (TPSA) is 0 Å². The molecule has 0 saturated heterocycles. The smallest absolute Gasteiger partial charge is 0.192 e. The van der Waals surface area contributed by atoms with Crippen LogP contribution in [0.3, 0.4) is 0 Å². The molecule has 0 fully saturated rings. The molecule has 0 heterocycles.